The van der Waals surface area contributed by atoms with E-state index in [1.165, 1.54) is 33.6 Å². The minimum absolute atomic E-state index is 0.188. The second kappa shape index (κ2) is 11.7. The number of ether oxygens (including phenoxy) is 2. The Kier molecular flexibility index (Phi) is 9.15. The molecule has 0 saturated heterocycles. The molecule has 2 nitrogen and oxygen atoms in total. The second-order valence-electron chi connectivity index (χ2n) is 5.43. The van der Waals surface area contributed by atoms with Gasteiger partial charge in [-0.3, -0.25) is 0 Å². The van der Waals surface area contributed by atoms with Crippen molar-refractivity contribution in [3.63, 3.8) is 0 Å². The molecule has 0 aliphatic heterocycles. The average Bonchev–Trinajstić information content (AvgIpc) is 2.62. The maximum atomic E-state index is 5.23. The number of benzene rings is 2. The van der Waals surface area contributed by atoms with E-state index in [4.69, 9.17) is 9.47 Å². The maximum absolute atomic E-state index is 5.23. The van der Waals surface area contributed by atoms with E-state index in [1.807, 2.05) is 24.3 Å². The molecule has 0 N–H and O–H groups in total. The summed E-state index contributed by atoms with van der Waals surface area (Å²) in [5, 5.41) is 0. The van der Waals surface area contributed by atoms with Gasteiger partial charge in [-0.05, 0) is 25.7 Å². The molecule has 0 heterocycles. The topological polar surface area (TPSA) is 18.5 Å². The molecule has 0 spiro atoms. The van der Waals surface area contributed by atoms with E-state index in [0.29, 0.717) is 0 Å². The minimum atomic E-state index is -0.188. The van der Waals surface area contributed by atoms with Gasteiger partial charge in [0.15, 0.2) is 0 Å². The SMILES string of the molecule is C1=CCCC=CCC1.COc1ccc[c]([Pt][c]2cccc(OC)c2)c1. The van der Waals surface area contributed by atoms with Crippen LogP contribution < -0.4 is 17.4 Å². The van der Waals surface area contributed by atoms with Crippen LogP contribution in [0, 0.1) is 0 Å². The number of hydrogen-bond donors (Lipinski definition) is 0. The van der Waals surface area contributed by atoms with Crippen LogP contribution in [0.15, 0.2) is 72.8 Å². The predicted molar refractivity (Wildman–Crippen MR) is 102 cm³/mol. The summed E-state index contributed by atoms with van der Waals surface area (Å²) in [6, 6.07) is 16.5. The molecule has 2 aromatic rings. The molecule has 0 aromatic heterocycles. The zero-order valence-corrected chi connectivity index (χ0v) is 17.2. The quantitative estimate of drug-likeness (QED) is 0.560. The molecule has 1 aliphatic rings. The Labute approximate surface area is 160 Å². The third-order valence-electron chi connectivity index (χ3n) is 3.54. The number of hydrogen-bond acceptors (Lipinski definition) is 2. The first-order valence-electron chi connectivity index (χ1n) is 8.48. The standard InChI is InChI=1S/C8H12.2C7H7O.Pt/c1-2-4-6-8-7-5-3-1;2*1-8-7-5-3-2-4-6-7;/h1-2,7-8H,3-6H2;2*2-3,5-6H,1H3;. The second-order valence-corrected chi connectivity index (χ2v) is 8.62. The first-order chi connectivity index (χ1) is 12.3. The van der Waals surface area contributed by atoms with Gasteiger partial charge < -0.3 is 0 Å². The van der Waals surface area contributed by atoms with Gasteiger partial charge in [0.25, 0.3) is 0 Å². The van der Waals surface area contributed by atoms with Gasteiger partial charge in [-0.1, -0.05) is 24.3 Å². The molecule has 3 heteroatoms. The monoisotopic (exact) mass is 517 g/mol. The summed E-state index contributed by atoms with van der Waals surface area (Å²) in [7, 11) is 3.40. The fourth-order valence-electron chi connectivity index (χ4n) is 2.22. The Morgan fingerprint density at radius 1 is 0.640 bits per heavy atom. The van der Waals surface area contributed by atoms with E-state index in [-0.39, 0.29) is 18.6 Å². The van der Waals surface area contributed by atoms with Crippen LogP contribution in [0.5, 0.6) is 11.5 Å². The Balaban J connectivity index is 0.000000236. The Hall–Kier alpha value is -1.79. The van der Waals surface area contributed by atoms with Gasteiger partial charge in [0.05, 0.1) is 0 Å². The van der Waals surface area contributed by atoms with Crippen molar-refractivity contribution in [2.45, 2.75) is 25.7 Å². The van der Waals surface area contributed by atoms with Crippen LogP contribution in [-0.2, 0) is 18.6 Å². The van der Waals surface area contributed by atoms with E-state index in [2.05, 4.69) is 48.6 Å². The fourth-order valence-corrected chi connectivity index (χ4v) is 4.77. The summed E-state index contributed by atoms with van der Waals surface area (Å²) < 4.78 is 13.2. The van der Waals surface area contributed by atoms with Crippen LogP contribution in [-0.4, -0.2) is 14.2 Å². The summed E-state index contributed by atoms with van der Waals surface area (Å²) in [5.74, 6) is 1.84. The van der Waals surface area contributed by atoms with E-state index in [1.54, 1.807) is 14.2 Å². The Bertz CT molecular complexity index is 620. The molecule has 0 unspecified atom stereocenters. The summed E-state index contributed by atoms with van der Waals surface area (Å²) >= 11 is -0.188. The first-order valence-corrected chi connectivity index (χ1v) is 10.8. The Morgan fingerprint density at radius 2 is 1.04 bits per heavy atom. The van der Waals surface area contributed by atoms with Gasteiger partial charge in [-0.15, -0.1) is 0 Å². The molecule has 0 fully saturated rings. The van der Waals surface area contributed by atoms with Crippen molar-refractivity contribution < 1.29 is 28.0 Å². The van der Waals surface area contributed by atoms with Crippen LogP contribution in [0.25, 0.3) is 0 Å². The molecule has 0 saturated carbocycles. The molecule has 0 bridgehead atoms. The molecule has 3 rings (SSSR count). The zero-order chi connectivity index (χ0) is 17.7. The van der Waals surface area contributed by atoms with Crippen LogP contribution in [0.3, 0.4) is 0 Å². The van der Waals surface area contributed by atoms with Crippen LogP contribution >= 0.6 is 0 Å². The average molecular weight is 518 g/mol. The zero-order valence-electron chi connectivity index (χ0n) is 14.9. The summed E-state index contributed by atoms with van der Waals surface area (Å²) in [6.07, 6.45) is 14.0. The van der Waals surface area contributed by atoms with E-state index < -0.39 is 0 Å². The molecule has 0 amide bonds. The predicted octanol–water partition coefficient (Wildman–Crippen LogP) is 4.41. The van der Waals surface area contributed by atoms with Crippen molar-refractivity contribution in [2.24, 2.45) is 0 Å². The van der Waals surface area contributed by atoms with Crippen molar-refractivity contribution in [2.75, 3.05) is 14.2 Å². The van der Waals surface area contributed by atoms with Crippen molar-refractivity contribution in [3.8, 4) is 11.5 Å². The number of rotatable bonds is 4. The van der Waals surface area contributed by atoms with Gasteiger partial charge in [-0.25, -0.2) is 0 Å². The van der Waals surface area contributed by atoms with Crippen molar-refractivity contribution in [1.29, 1.82) is 0 Å². The molecular weight excluding hydrogens is 491 g/mol. The normalized spacial score (nSPS) is 13.4. The van der Waals surface area contributed by atoms with Gasteiger partial charge in [0.2, 0.25) is 0 Å². The molecule has 136 valence electrons. The summed E-state index contributed by atoms with van der Waals surface area (Å²) in [6.45, 7) is 0. The van der Waals surface area contributed by atoms with Crippen molar-refractivity contribution in [3.05, 3.63) is 72.8 Å². The molecule has 0 atom stereocenters. The third-order valence-corrected chi connectivity index (χ3v) is 6.27. The van der Waals surface area contributed by atoms with Crippen molar-refractivity contribution >= 4 is 7.91 Å². The van der Waals surface area contributed by atoms with E-state index in [9.17, 15) is 0 Å². The van der Waals surface area contributed by atoms with Gasteiger partial charge in [-0.2, -0.15) is 0 Å². The molecule has 1 aliphatic carbocycles. The molecule has 0 radical (unpaired) electrons. The van der Waals surface area contributed by atoms with E-state index >= 15 is 0 Å². The van der Waals surface area contributed by atoms with Gasteiger partial charge in [0.1, 0.15) is 0 Å². The van der Waals surface area contributed by atoms with Crippen LogP contribution in [0.1, 0.15) is 25.7 Å². The number of allylic oxidation sites excluding steroid dienone is 4. The summed E-state index contributed by atoms with van der Waals surface area (Å²) in [5.41, 5.74) is 0. The first kappa shape index (κ1) is 19.5. The Morgan fingerprint density at radius 3 is 1.40 bits per heavy atom. The fraction of sp³-hybridized carbons (Fsp3) is 0.273. The van der Waals surface area contributed by atoms with Crippen LogP contribution in [0.2, 0.25) is 0 Å². The van der Waals surface area contributed by atoms with Gasteiger partial charge in [0, 0.05) is 0 Å². The molecule has 2 aromatic carbocycles. The van der Waals surface area contributed by atoms with Crippen LogP contribution in [0.4, 0.5) is 0 Å². The molecule has 25 heavy (non-hydrogen) atoms. The third kappa shape index (κ3) is 7.75. The van der Waals surface area contributed by atoms with Gasteiger partial charge >= 0.3 is 110 Å². The van der Waals surface area contributed by atoms with E-state index in [0.717, 1.165) is 11.5 Å². The summed E-state index contributed by atoms with van der Waals surface area (Å²) in [4.78, 5) is 0. The number of methoxy groups -OCH3 is 2. The van der Waals surface area contributed by atoms with Crippen molar-refractivity contribution in [1.82, 2.24) is 0 Å². The molecular formula is C22H26O2Pt.